The van der Waals surface area contributed by atoms with Crippen LogP contribution in [0.2, 0.25) is 0 Å². The van der Waals surface area contributed by atoms with E-state index in [-0.39, 0.29) is 18.6 Å². The number of carbonyl (C=O) groups excluding carboxylic acids is 1. The van der Waals surface area contributed by atoms with E-state index in [1.54, 1.807) is 11.8 Å². The average molecular weight is 295 g/mol. The Morgan fingerprint density at radius 3 is 2.75 bits per heavy atom. The van der Waals surface area contributed by atoms with Gasteiger partial charge in [0.15, 0.2) is 0 Å². The van der Waals surface area contributed by atoms with Crippen molar-refractivity contribution in [3.8, 4) is 0 Å². The molecule has 1 amide bonds. The molecule has 0 aromatic heterocycles. The van der Waals surface area contributed by atoms with Gasteiger partial charge >= 0.3 is 0 Å². The van der Waals surface area contributed by atoms with Crippen LogP contribution >= 0.6 is 11.8 Å². The number of benzene rings is 1. The topological polar surface area (TPSA) is 49.3 Å². The highest BCUT2D eigenvalue weighted by atomic mass is 32.2. The highest BCUT2D eigenvalue weighted by Crippen LogP contribution is 2.21. The Labute approximate surface area is 126 Å². The predicted octanol–water partition coefficient (Wildman–Crippen LogP) is 3.06. The first-order valence-corrected chi connectivity index (χ1v) is 8.11. The highest BCUT2D eigenvalue weighted by Gasteiger charge is 2.07. The minimum atomic E-state index is 0.0896. The fourth-order valence-corrected chi connectivity index (χ4v) is 2.83. The molecule has 112 valence electrons. The maximum Gasteiger partial charge on any atom is 0.221 e. The van der Waals surface area contributed by atoms with Crippen molar-refractivity contribution >= 4 is 17.7 Å². The molecule has 0 heterocycles. The number of rotatable bonds is 8. The molecular weight excluding hydrogens is 270 g/mol. The van der Waals surface area contributed by atoms with E-state index < -0.39 is 0 Å². The molecule has 1 unspecified atom stereocenters. The van der Waals surface area contributed by atoms with E-state index in [4.69, 9.17) is 5.11 Å². The lowest BCUT2D eigenvalue weighted by Crippen LogP contribution is -2.32. The molecule has 0 bridgehead atoms. The Balaban J connectivity index is 2.26. The van der Waals surface area contributed by atoms with Gasteiger partial charge in [0.2, 0.25) is 5.91 Å². The van der Waals surface area contributed by atoms with Crippen LogP contribution in [0, 0.1) is 13.8 Å². The van der Waals surface area contributed by atoms with Gasteiger partial charge in [0, 0.05) is 29.7 Å². The molecule has 0 aliphatic carbocycles. The molecule has 0 saturated heterocycles. The lowest BCUT2D eigenvalue weighted by molar-refractivity contribution is -0.121. The number of amides is 1. The summed E-state index contributed by atoms with van der Waals surface area (Å²) in [6.45, 7) is 6.37. The fourth-order valence-electron chi connectivity index (χ4n) is 1.88. The summed E-state index contributed by atoms with van der Waals surface area (Å²) in [5.74, 6) is 0.882. The van der Waals surface area contributed by atoms with Gasteiger partial charge in [0.05, 0.1) is 0 Å². The van der Waals surface area contributed by atoms with Gasteiger partial charge in [-0.3, -0.25) is 4.79 Å². The number of hydrogen-bond donors (Lipinski definition) is 2. The third kappa shape index (κ3) is 6.44. The zero-order chi connectivity index (χ0) is 15.0. The van der Waals surface area contributed by atoms with Gasteiger partial charge in [-0.2, -0.15) is 0 Å². The Kier molecular flexibility index (Phi) is 7.70. The molecule has 0 fully saturated rings. The van der Waals surface area contributed by atoms with Gasteiger partial charge in [-0.05, 0) is 56.9 Å². The van der Waals surface area contributed by atoms with Crippen molar-refractivity contribution in [3.05, 3.63) is 29.3 Å². The van der Waals surface area contributed by atoms with E-state index >= 15 is 0 Å². The van der Waals surface area contributed by atoms with E-state index in [0.29, 0.717) is 6.42 Å². The predicted molar refractivity (Wildman–Crippen MR) is 85.2 cm³/mol. The first-order valence-electron chi connectivity index (χ1n) is 7.13. The number of thioether (sulfide) groups is 1. The summed E-state index contributed by atoms with van der Waals surface area (Å²) >= 11 is 1.72. The van der Waals surface area contributed by atoms with Crippen molar-refractivity contribution in [3.63, 3.8) is 0 Å². The van der Waals surface area contributed by atoms with Crippen LogP contribution in [0.4, 0.5) is 0 Å². The van der Waals surface area contributed by atoms with Crippen molar-refractivity contribution in [2.75, 3.05) is 12.4 Å². The number of aryl methyl sites for hydroxylation is 2. The summed E-state index contributed by atoms with van der Waals surface area (Å²) < 4.78 is 0. The number of hydrogen-bond acceptors (Lipinski definition) is 3. The number of aliphatic hydroxyl groups excluding tert-OH is 1. The molecule has 4 heteroatoms. The molecular formula is C16H25NO2S. The first-order chi connectivity index (χ1) is 9.52. The molecule has 1 atom stereocenters. The standard InChI is InChI=1S/C16H25NO2S/c1-12-6-7-15(11-13(12)2)20-10-8-16(19)17-14(3)5-4-9-18/h6-7,11,14,18H,4-5,8-10H2,1-3H3,(H,17,19). The van der Waals surface area contributed by atoms with E-state index in [9.17, 15) is 4.79 Å². The third-order valence-electron chi connectivity index (χ3n) is 3.28. The number of carbonyl (C=O) groups is 1. The molecule has 0 aliphatic heterocycles. The molecule has 0 spiro atoms. The van der Waals surface area contributed by atoms with E-state index in [1.807, 2.05) is 6.92 Å². The Hall–Kier alpha value is -1.00. The zero-order valence-electron chi connectivity index (χ0n) is 12.6. The quantitative estimate of drug-likeness (QED) is 0.725. The second kappa shape index (κ2) is 9.03. The van der Waals surface area contributed by atoms with Gasteiger partial charge in [0.25, 0.3) is 0 Å². The second-order valence-corrected chi connectivity index (χ2v) is 6.35. The minimum absolute atomic E-state index is 0.0896. The van der Waals surface area contributed by atoms with Crippen LogP contribution in [0.15, 0.2) is 23.1 Å². The molecule has 20 heavy (non-hydrogen) atoms. The van der Waals surface area contributed by atoms with Crippen LogP contribution in [0.5, 0.6) is 0 Å². The third-order valence-corrected chi connectivity index (χ3v) is 4.27. The Morgan fingerprint density at radius 2 is 2.10 bits per heavy atom. The molecule has 3 nitrogen and oxygen atoms in total. The summed E-state index contributed by atoms with van der Waals surface area (Å²) in [6.07, 6.45) is 2.09. The Bertz CT molecular complexity index is 434. The molecule has 0 radical (unpaired) electrons. The van der Waals surface area contributed by atoms with Crippen LogP contribution < -0.4 is 5.32 Å². The second-order valence-electron chi connectivity index (χ2n) is 5.18. The van der Waals surface area contributed by atoms with E-state index in [0.717, 1.165) is 18.6 Å². The summed E-state index contributed by atoms with van der Waals surface area (Å²) in [7, 11) is 0. The monoisotopic (exact) mass is 295 g/mol. The van der Waals surface area contributed by atoms with Gasteiger partial charge in [-0.1, -0.05) is 6.07 Å². The molecule has 0 aliphatic rings. The van der Waals surface area contributed by atoms with Gasteiger partial charge in [-0.15, -0.1) is 11.8 Å². The summed E-state index contributed by atoms with van der Waals surface area (Å²) in [5, 5.41) is 11.7. The first kappa shape index (κ1) is 17.1. The normalized spacial score (nSPS) is 12.2. The van der Waals surface area contributed by atoms with Crippen LogP contribution in [0.3, 0.4) is 0 Å². The average Bonchev–Trinajstić information content (AvgIpc) is 2.40. The lowest BCUT2D eigenvalue weighted by Gasteiger charge is -2.13. The molecule has 0 saturated carbocycles. The van der Waals surface area contributed by atoms with E-state index in [2.05, 4.69) is 37.4 Å². The van der Waals surface area contributed by atoms with Gasteiger partial charge in [-0.25, -0.2) is 0 Å². The van der Waals surface area contributed by atoms with Gasteiger partial charge < -0.3 is 10.4 Å². The van der Waals surface area contributed by atoms with Crippen molar-refractivity contribution in [1.29, 1.82) is 0 Å². The number of aliphatic hydroxyl groups is 1. The molecule has 1 aromatic rings. The molecule has 1 aromatic carbocycles. The van der Waals surface area contributed by atoms with Crippen LogP contribution in [-0.2, 0) is 4.79 Å². The van der Waals surface area contributed by atoms with Crippen LogP contribution in [0.25, 0.3) is 0 Å². The van der Waals surface area contributed by atoms with Crippen molar-refractivity contribution < 1.29 is 9.90 Å². The lowest BCUT2D eigenvalue weighted by atomic mass is 10.1. The zero-order valence-corrected chi connectivity index (χ0v) is 13.4. The largest absolute Gasteiger partial charge is 0.396 e. The number of nitrogens with one attached hydrogen (secondary N) is 1. The summed E-state index contributed by atoms with van der Waals surface area (Å²) in [4.78, 5) is 13.0. The minimum Gasteiger partial charge on any atom is -0.396 e. The Morgan fingerprint density at radius 1 is 1.35 bits per heavy atom. The fraction of sp³-hybridized carbons (Fsp3) is 0.562. The smallest absolute Gasteiger partial charge is 0.221 e. The van der Waals surface area contributed by atoms with Crippen molar-refractivity contribution in [2.45, 2.75) is 51.0 Å². The van der Waals surface area contributed by atoms with Crippen molar-refractivity contribution in [1.82, 2.24) is 5.32 Å². The van der Waals surface area contributed by atoms with Crippen molar-refractivity contribution in [2.24, 2.45) is 0 Å². The van der Waals surface area contributed by atoms with E-state index in [1.165, 1.54) is 16.0 Å². The van der Waals surface area contributed by atoms with Gasteiger partial charge in [0.1, 0.15) is 0 Å². The summed E-state index contributed by atoms with van der Waals surface area (Å²) in [5.41, 5.74) is 2.59. The molecule has 2 N–H and O–H groups in total. The molecule has 1 rings (SSSR count). The highest BCUT2D eigenvalue weighted by molar-refractivity contribution is 7.99. The van der Waals surface area contributed by atoms with Crippen LogP contribution in [0.1, 0.15) is 37.3 Å². The summed E-state index contributed by atoms with van der Waals surface area (Å²) in [6, 6.07) is 6.53. The maximum absolute atomic E-state index is 11.7. The SMILES string of the molecule is Cc1ccc(SCCC(=O)NC(C)CCCO)cc1C. The maximum atomic E-state index is 11.7. The van der Waals surface area contributed by atoms with Crippen LogP contribution in [-0.4, -0.2) is 29.4 Å².